The second kappa shape index (κ2) is 9.23. The minimum atomic E-state index is -3.81. The highest BCUT2D eigenvalue weighted by molar-refractivity contribution is 7.92. The van der Waals surface area contributed by atoms with Gasteiger partial charge in [0.05, 0.1) is 25.3 Å². The number of rotatable bonds is 7. The molecule has 0 aromatic heterocycles. The van der Waals surface area contributed by atoms with E-state index in [-0.39, 0.29) is 11.4 Å². The number of sulfonamides is 1. The molecule has 0 bridgehead atoms. The normalized spacial score (nSPS) is 13.2. The van der Waals surface area contributed by atoms with Crippen molar-refractivity contribution in [3.8, 4) is 17.2 Å². The first-order valence-corrected chi connectivity index (χ1v) is 11.0. The van der Waals surface area contributed by atoms with Gasteiger partial charge < -0.3 is 14.2 Å². The molecule has 1 aliphatic heterocycles. The van der Waals surface area contributed by atoms with Gasteiger partial charge in [-0.1, -0.05) is 17.7 Å². The van der Waals surface area contributed by atoms with Crippen molar-refractivity contribution in [2.75, 3.05) is 37.4 Å². The van der Waals surface area contributed by atoms with Gasteiger partial charge in [0.2, 0.25) is 10.0 Å². The third kappa shape index (κ3) is 5.14. The molecule has 0 saturated heterocycles. The van der Waals surface area contributed by atoms with E-state index < -0.39 is 22.5 Å². The molecule has 2 aromatic rings. The summed E-state index contributed by atoms with van der Waals surface area (Å²) in [4.78, 5) is 12.4. The van der Waals surface area contributed by atoms with E-state index in [1.807, 2.05) is 0 Å². The molecule has 0 radical (unpaired) electrons. The Hall–Kier alpha value is -2.98. The topological polar surface area (TPSA) is 107 Å². The number of para-hydroxylation sites is 1. The van der Waals surface area contributed by atoms with Gasteiger partial charge in [-0.15, -0.1) is 0 Å². The number of carbonyl (C=O) groups is 1. The van der Waals surface area contributed by atoms with Crippen molar-refractivity contribution in [3.05, 3.63) is 47.0 Å². The zero-order valence-corrected chi connectivity index (χ0v) is 17.9. The average molecular weight is 454 g/mol. The number of amides is 1. The van der Waals surface area contributed by atoms with Crippen LogP contribution in [0.2, 0.25) is 5.02 Å². The molecule has 1 heterocycles. The fraction of sp³-hybridized carbons (Fsp3) is 0.263. The van der Waals surface area contributed by atoms with Gasteiger partial charge in [-0.3, -0.25) is 9.10 Å². The van der Waals surface area contributed by atoms with Crippen LogP contribution in [0.4, 0.5) is 5.69 Å². The quantitative estimate of drug-likeness (QED) is 0.508. The molecular weight excluding hydrogens is 434 g/mol. The van der Waals surface area contributed by atoms with Crippen molar-refractivity contribution < 1.29 is 27.4 Å². The lowest BCUT2D eigenvalue weighted by Gasteiger charge is -2.23. The van der Waals surface area contributed by atoms with Gasteiger partial charge in [-0.25, -0.2) is 13.8 Å². The van der Waals surface area contributed by atoms with Crippen LogP contribution in [0.25, 0.3) is 0 Å². The number of nitrogens with one attached hydrogen (secondary N) is 1. The molecule has 0 atom stereocenters. The highest BCUT2D eigenvalue weighted by Gasteiger charge is 2.24. The van der Waals surface area contributed by atoms with Crippen LogP contribution < -0.4 is 23.9 Å². The van der Waals surface area contributed by atoms with E-state index in [9.17, 15) is 13.2 Å². The lowest BCUT2D eigenvalue weighted by Crippen LogP contribution is -2.39. The lowest BCUT2D eigenvalue weighted by atomic mass is 10.2. The van der Waals surface area contributed by atoms with Crippen molar-refractivity contribution >= 4 is 39.4 Å². The first kappa shape index (κ1) is 21.7. The van der Waals surface area contributed by atoms with Crippen LogP contribution in [0.5, 0.6) is 17.2 Å². The molecular formula is C19H20ClN3O6S. The Morgan fingerprint density at radius 2 is 2.07 bits per heavy atom. The Morgan fingerprint density at radius 3 is 2.80 bits per heavy atom. The van der Waals surface area contributed by atoms with Crippen LogP contribution in [0.1, 0.15) is 5.56 Å². The minimum absolute atomic E-state index is 0.148. The van der Waals surface area contributed by atoms with E-state index >= 15 is 0 Å². The smallest absolute Gasteiger partial charge is 0.260 e. The zero-order chi connectivity index (χ0) is 21.7. The van der Waals surface area contributed by atoms with Crippen LogP contribution in [-0.2, 0) is 14.8 Å². The third-order valence-electron chi connectivity index (χ3n) is 4.09. The van der Waals surface area contributed by atoms with Crippen molar-refractivity contribution in [2.45, 2.75) is 0 Å². The van der Waals surface area contributed by atoms with Crippen LogP contribution in [0, 0.1) is 0 Å². The number of anilines is 1. The molecule has 9 nitrogen and oxygen atoms in total. The predicted molar refractivity (Wildman–Crippen MR) is 113 cm³/mol. The van der Waals surface area contributed by atoms with Crippen LogP contribution >= 0.6 is 11.6 Å². The molecule has 11 heteroatoms. The summed E-state index contributed by atoms with van der Waals surface area (Å²) in [5.41, 5.74) is 3.08. The average Bonchev–Trinajstić information content (AvgIpc) is 2.71. The molecule has 0 unspecified atom stereocenters. The zero-order valence-electron chi connectivity index (χ0n) is 16.3. The van der Waals surface area contributed by atoms with Gasteiger partial charge in [0.15, 0.2) is 11.5 Å². The summed E-state index contributed by atoms with van der Waals surface area (Å²) in [5, 5.41) is 4.20. The number of fused-ring (bicyclic) bond motifs is 1. The summed E-state index contributed by atoms with van der Waals surface area (Å²) in [6, 6.07) is 9.78. The SMILES string of the molecule is COc1ccc(Cl)cc1N(CC(=O)N/N=C\c1cccc2c1OCCO2)S(C)(=O)=O. The minimum Gasteiger partial charge on any atom is -0.495 e. The lowest BCUT2D eigenvalue weighted by molar-refractivity contribution is -0.119. The molecule has 0 saturated carbocycles. The number of hydrogen-bond acceptors (Lipinski definition) is 7. The Balaban J connectivity index is 1.75. The summed E-state index contributed by atoms with van der Waals surface area (Å²) in [7, 11) is -2.41. The van der Waals surface area contributed by atoms with E-state index in [0.717, 1.165) is 10.6 Å². The number of methoxy groups -OCH3 is 1. The summed E-state index contributed by atoms with van der Waals surface area (Å²) in [6.07, 6.45) is 2.38. The monoisotopic (exact) mass is 453 g/mol. The Morgan fingerprint density at radius 1 is 1.30 bits per heavy atom. The summed E-state index contributed by atoms with van der Waals surface area (Å²) in [5.74, 6) is 0.728. The van der Waals surface area contributed by atoms with Crippen LogP contribution in [0.3, 0.4) is 0 Å². The van der Waals surface area contributed by atoms with E-state index in [1.54, 1.807) is 24.3 Å². The summed E-state index contributed by atoms with van der Waals surface area (Å²) in [6.45, 7) is 0.354. The first-order chi connectivity index (χ1) is 14.3. The first-order valence-electron chi connectivity index (χ1n) is 8.81. The van der Waals surface area contributed by atoms with Gasteiger partial charge in [-0.05, 0) is 30.3 Å². The highest BCUT2D eigenvalue weighted by atomic mass is 35.5. The fourth-order valence-corrected chi connectivity index (χ4v) is 3.79. The van der Waals surface area contributed by atoms with Crippen molar-refractivity contribution in [1.82, 2.24) is 5.43 Å². The number of ether oxygens (including phenoxy) is 3. The second-order valence-electron chi connectivity index (χ2n) is 6.25. The Kier molecular flexibility index (Phi) is 6.68. The second-order valence-corrected chi connectivity index (χ2v) is 8.59. The number of hydrogen-bond donors (Lipinski definition) is 1. The van der Waals surface area contributed by atoms with Crippen molar-refractivity contribution in [1.29, 1.82) is 0 Å². The molecule has 2 aromatic carbocycles. The van der Waals surface area contributed by atoms with Crippen LogP contribution in [-0.4, -0.2) is 53.7 Å². The molecule has 30 heavy (non-hydrogen) atoms. The standard InChI is InChI=1S/C19H20ClN3O6S/c1-27-16-7-6-14(20)10-15(16)23(30(2,25)26)12-18(24)22-21-11-13-4-3-5-17-19(13)29-9-8-28-17/h3-7,10-11H,8-9,12H2,1-2H3,(H,22,24)/b21-11-. The molecule has 1 N–H and O–H groups in total. The highest BCUT2D eigenvalue weighted by Crippen LogP contribution is 2.33. The van der Waals surface area contributed by atoms with E-state index in [1.165, 1.54) is 25.5 Å². The molecule has 0 fully saturated rings. The Labute approximate surface area is 179 Å². The van der Waals surface area contributed by atoms with E-state index in [2.05, 4.69) is 10.5 Å². The number of benzene rings is 2. The predicted octanol–water partition coefficient (Wildman–Crippen LogP) is 2.04. The maximum Gasteiger partial charge on any atom is 0.260 e. The number of hydrazone groups is 1. The van der Waals surface area contributed by atoms with Crippen molar-refractivity contribution in [2.24, 2.45) is 5.10 Å². The molecule has 0 aliphatic carbocycles. The maximum atomic E-state index is 12.4. The molecule has 1 aliphatic rings. The molecule has 3 rings (SSSR count). The Bertz CT molecular complexity index is 1070. The van der Waals surface area contributed by atoms with Crippen molar-refractivity contribution in [3.63, 3.8) is 0 Å². The number of halogens is 1. The van der Waals surface area contributed by atoms with E-state index in [4.69, 9.17) is 25.8 Å². The summed E-state index contributed by atoms with van der Waals surface area (Å²) >= 11 is 5.99. The molecule has 160 valence electrons. The number of carbonyl (C=O) groups excluding carboxylic acids is 1. The van der Waals surface area contributed by atoms with Gasteiger partial charge in [0, 0.05) is 10.6 Å². The number of nitrogens with zero attached hydrogens (tertiary/aromatic N) is 2. The van der Waals surface area contributed by atoms with Gasteiger partial charge in [0.1, 0.15) is 25.5 Å². The largest absolute Gasteiger partial charge is 0.495 e. The van der Waals surface area contributed by atoms with Gasteiger partial charge >= 0.3 is 0 Å². The maximum absolute atomic E-state index is 12.4. The summed E-state index contributed by atoms with van der Waals surface area (Å²) < 4.78 is 41.7. The van der Waals surface area contributed by atoms with Crippen LogP contribution in [0.15, 0.2) is 41.5 Å². The third-order valence-corrected chi connectivity index (χ3v) is 5.45. The van der Waals surface area contributed by atoms with Gasteiger partial charge in [-0.2, -0.15) is 5.10 Å². The van der Waals surface area contributed by atoms with Gasteiger partial charge in [0.25, 0.3) is 5.91 Å². The molecule has 1 amide bonds. The molecule has 0 spiro atoms. The fourth-order valence-electron chi connectivity index (χ4n) is 2.78. The van der Waals surface area contributed by atoms with E-state index in [0.29, 0.717) is 35.3 Å².